The molecule has 0 atom stereocenters. The molecule has 0 amide bonds. The third kappa shape index (κ3) is 7.88. The summed E-state index contributed by atoms with van der Waals surface area (Å²) in [6.07, 6.45) is 3.65. The van der Waals surface area contributed by atoms with E-state index >= 15 is 0 Å². The molecular weight excluding hydrogens is 212 g/mol. The van der Waals surface area contributed by atoms with E-state index in [1.54, 1.807) is 0 Å². The molecule has 0 radical (unpaired) electrons. The summed E-state index contributed by atoms with van der Waals surface area (Å²) < 4.78 is 21.7. The van der Waals surface area contributed by atoms with Crippen LogP contribution in [0.15, 0.2) is 35.8 Å². The number of hydrogen-bond donors (Lipinski definition) is 0. The van der Waals surface area contributed by atoms with Crippen LogP contribution in [0.25, 0.3) is 0 Å². The Morgan fingerprint density at radius 3 is 1.80 bits per heavy atom. The number of carbonyl (C=O) groups excluding carboxylic acids is 1. The minimum Gasteiger partial charge on any atom is -0.295 e. The van der Waals surface area contributed by atoms with E-state index in [1.807, 2.05) is 13.8 Å². The Balaban J connectivity index is 0. The molecule has 0 rings (SSSR count). The van der Waals surface area contributed by atoms with E-state index in [9.17, 15) is 13.2 Å². The van der Waals surface area contributed by atoms with Crippen LogP contribution < -0.4 is 0 Å². The summed E-state index contributed by atoms with van der Waals surface area (Å²) in [5, 5.41) is 0. The summed E-state index contributed by atoms with van der Waals surface area (Å²) in [5.74, 6) is -0.197. The molecule has 0 saturated heterocycles. The molecule has 0 saturated carbocycles. The van der Waals surface area contributed by atoms with Gasteiger partial charge in [0.1, 0.15) is 0 Å². The lowest BCUT2D eigenvalue weighted by molar-refractivity contribution is -0.113. The summed E-state index contributed by atoms with van der Waals surface area (Å²) in [6.45, 7) is 12.1. The van der Waals surface area contributed by atoms with Crippen molar-refractivity contribution in [2.75, 3.05) is 6.26 Å². The normalized spacial score (nSPS) is 10.4. The van der Waals surface area contributed by atoms with Gasteiger partial charge in [0.25, 0.3) is 0 Å². The van der Waals surface area contributed by atoms with Gasteiger partial charge in [0, 0.05) is 11.8 Å². The standard InChI is InChI=1S/C9H12O3S.C2H6/c1-7(9(3)10)5-6-8(2)13(4,11)12;1-2/h5-6H,1-2H2,3-4H3;1-2H3/b6-5-;. The Hall–Kier alpha value is -1.16. The van der Waals surface area contributed by atoms with E-state index in [0.717, 1.165) is 6.26 Å². The third-order valence-electron chi connectivity index (χ3n) is 1.40. The molecule has 0 spiro atoms. The first-order chi connectivity index (χ1) is 6.75. The van der Waals surface area contributed by atoms with E-state index in [4.69, 9.17) is 0 Å². The third-order valence-corrected chi connectivity index (χ3v) is 2.49. The fourth-order valence-corrected chi connectivity index (χ4v) is 0.750. The van der Waals surface area contributed by atoms with Gasteiger partial charge in [0.2, 0.25) is 0 Å². The van der Waals surface area contributed by atoms with Crippen LogP contribution in [0, 0.1) is 0 Å². The number of rotatable bonds is 4. The maximum absolute atomic E-state index is 10.8. The maximum Gasteiger partial charge on any atom is 0.174 e. The zero-order chi connectivity index (χ0) is 12.6. The summed E-state index contributed by atoms with van der Waals surface area (Å²) >= 11 is 0. The van der Waals surface area contributed by atoms with Gasteiger partial charge in [-0.1, -0.05) is 33.1 Å². The van der Waals surface area contributed by atoms with Crippen molar-refractivity contribution < 1.29 is 13.2 Å². The molecule has 4 heteroatoms. The fraction of sp³-hybridized carbons (Fsp3) is 0.364. The average Bonchev–Trinajstić information content (AvgIpc) is 2.15. The number of hydrogen-bond acceptors (Lipinski definition) is 3. The lowest BCUT2D eigenvalue weighted by atomic mass is 10.2. The van der Waals surface area contributed by atoms with Crippen molar-refractivity contribution in [3.63, 3.8) is 0 Å². The molecule has 15 heavy (non-hydrogen) atoms. The SMILES string of the molecule is C=C(/C=C\C(=C)S(C)(=O)=O)C(C)=O.CC. The average molecular weight is 230 g/mol. The molecule has 0 unspecified atom stereocenters. The van der Waals surface area contributed by atoms with Gasteiger partial charge in [-0.15, -0.1) is 0 Å². The second-order valence-corrected chi connectivity index (χ2v) is 4.72. The number of sulfone groups is 1. The molecule has 0 aromatic heterocycles. The van der Waals surface area contributed by atoms with Gasteiger partial charge in [-0.25, -0.2) is 8.42 Å². The van der Waals surface area contributed by atoms with Crippen molar-refractivity contribution in [2.24, 2.45) is 0 Å². The lowest BCUT2D eigenvalue weighted by Crippen LogP contribution is -1.97. The van der Waals surface area contributed by atoms with Crippen LogP contribution >= 0.6 is 0 Å². The predicted octanol–water partition coefficient (Wildman–Crippen LogP) is 2.27. The van der Waals surface area contributed by atoms with Crippen LogP contribution in [-0.2, 0) is 14.6 Å². The van der Waals surface area contributed by atoms with Gasteiger partial charge in [-0.3, -0.25) is 4.79 Å². The first-order valence-corrected chi connectivity index (χ1v) is 6.41. The molecule has 0 N–H and O–H groups in total. The topological polar surface area (TPSA) is 51.2 Å². The van der Waals surface area contributed by atoms with Crippen molar-refractivity contribution in [2.45, 2.75) is 20.8 Å². The van der Waals surface area contributed by atoms with Crippen molar-refractivity contribution in [1.82, 2.24) is 0 Å². The number of allylic oxidation sites excluding steroid dienone is 3. The Morgan fingerprint density at radius 2 is 1.53 bits per heavy atom. The second kappa shape index (κ2) is 7.17. The van der Waals surface area contributed by atoms with Crippen molar-refractivity contribution >= 4 is 15.6 Å². The molecule has 0 aromatic rings. The molecular formula is C11H18O3S. The minimum atomic E-state index is -3.26. The van der Waals surface area contributed by atoms with Gasteiger partial charge >= 0.3 is 0 Å². The molecule has 0 aromatic carbocycles. The summed E-state index contributed by atoms with van der Waals surface area (Å²) in [6, 6.07) is 0. The maximum atomic E-state index is 10.8. The highest BCUT2D eigenvalue weighted by Gasteiger charge is 2.04. The van der Waals surface area contributed by atoms with Crippen molar-refractivity contribution in [3.8, 4) is 0 Å². The molecule has 86 valence electrons. The van der Waals surface area contributed by atoms with Crippen LogP contribution in [0.2, 0.25) is 0 Å². The molecule has 0 aliphatic rings. The van der Waals surface area contributed by atoms with E-state index in [1.165, 1.54) is 19.1 Å². The summed E-state index contributed by atoms with van der Waals surface area (Å²) in [5.41, 5.74) is 0.254. The number of Topliss-reactive ketones (excluding diaryl/α,β-unsaturated/α-hetero) is 1. The Bertz CT molecular complexity index is 373. The monoisotopic (exact) mass is 230 g/mol. The Morgan fingerprint density at radius 1 is 1.13 bits per heavy atom. The smallest absolute Gasteiger partial charge is 0.174 e. The lowest BCUT2D eigenvalue weighted by Gasteiger charge is -1.95. The van der Waals surface area contributed by atoms with Crippen LogP contribution in [-0.4, -0.2) is 20.5 Å². The first kappa shape index (κ1) is 16.3. The zero-order valence-electron chi connectivity index (χ0n) is 9.70. The number of ketones is 1. The molecule has 0 fully saturated rings. The van der Waals surface area contributed by atoms with Crippen LogP contribution in [0.4, 0.5) is 0 Å². The quantitative estimate of drug-likeness (QED) is 0.550. The van der Waals surface area contributed by atoms with E-state index in [-0.39, 0.29) is 16.3 Å². The van der Waals surface area contributed by atoms with Crippen LogP contribution in [0.1, 0.15) is 20.8 Å². The number of carbonyl (C=O) groups is 1. The summed E-state index contributed by atoms with van der Waals surface area (Å²) in [7, 11) is -3.26. The zero-order valence-corrected chi connectivity index (χ0v) is 10.5. The highest BCUT2D eigenvalue weighted by Crippen LogP contribution is 2.05. The van der Waals surface area contributed by atoms with Gasteiger partial charge in [0.05, 0.1) is 4.91 Å². The van der Waals surface area contributed by atoms with E-state index < -0.39 is 9.84 Å². The first-order valence-electron chi connectivity index (χ1n) is 4.52. The molecule has 0 bridgehead atoms. The summed E-state index contributed by atoms with van der Waals surface area (Å²) in [4.78, 5) is 10.6. The van der Waals surface area contributed by atoms with E-state index in [0.29, 0.717) is 0 Å². The van der Waals surface area contributed by atoms with Crippen molar-refractivity contribution in [1.29, 1.82) is 0 Å². The Labute approximate surface area is 92.1 Å². The van der Waals surface area contributed by atoms with Gasteiger partial charge in [-0.2, -0.15) is 0 Å². The highest BCUT2D eigenvalue weighted by atomic mass is 32.2. The van der Waals surface area contributed by atoms with Crippen molar-refractivity contribution in [3.05, 3.63) is 35.8 Å². The van der Waals surface area contributed by atoms with E-state index in [2.05, 4.69) is 13.2 Å². The van der Waals surface area contributed by atoms with Gasteiger partial charge in [-0.05, 0) is 13.0 Å². The van der Waals surface area contributed by atoms with Crippen LogP contribution in [0.5, 0.6) is 0 Å². The van der Waals surface area contributed by atoms with Gasteiger partial charge < -0.3 is 0 Å². The molecule has 0 aliphatic carbocycles. The largest absolute Gasteiger partial charge is 0.295 e. The second-order valence-electron chi connectivity index (χ2n) is 2.65. The Kier molecular flexibility index (Phi) is 7.78. The molecule has 0 aliphatic heterocycles. The minimum absolute atomic E-state index is 0.0325. The molecule has 0 heterocycles. The highest BCUT2D eigenvalue weighted by molar-refractivity contribution is 7.94. The van der Waals surface area contributed by atoms with Crippen LogP contribution in [0.3, 0.4) is 0 Å². The van der Waals surface area contributed by atoms with Gasteiger partial charge in [0.15, 0.2) is 15.6 Å². The fourth-order valence-electron chi connectivity index (χ4n) is 0.434. The predicted molar refractivity (Wildman–Crippen MR) is 64.3 cm³/mol. The molecule has 3 nitrogen and oxygen atoms in total.